The van der Waals surface area contributed by atoms with Crippen LogP contribution in [-0.4, -0.2) is 38.5 Å². The number of nitrogens with one attached hydrogen (secondary N) is 6. The first-order valence-corrected chi connectivity index (χ1v) is 16.6. The average molecular weight is 629 g/mol. The maximum absolute atomic E-state index is 11.6. The first-order chi connectivity index (χ1) is 19.5. The summed E-state index contributed by atoms with van der Waals surface area (Å²) < 4.78 is 3.36. The van der Waals surface area contributed by atoms with Gasteiger partial charge in [-0.1, -0.05) is 0 Å². The molecule has 12 nitrogen and oxygen atoms in total. The molecule has 6 amide bonds. The zero-order valence-corrected chi connectivity index (χ0v) is 25.1. The number of allylic oxidation sites excluding steroid dienone is 6. The van der Waals surface area contributed by atoms with E-state index in [1.807, 2.05) is 20.8 Å². The van der Waals surface area contributed by atoms with Gasteiger partial charge in [0.15, 0.2) is 0 Å². The van der Waals surface area contributed by atoms with Gasteiger partial charge in [0.1, 0.15) is 0 Å². The van der Waals surface area contributed by atoms with Crippen LogP contribution in [0.25, 0.3) is 0 Å². The Hall–Kier alpha value is -3.86. The standard InChI is InChI=1S/3C9H11N2O2.Zr/c3*1-2-7-3-4-8(10-5-12)9(7)11-6-13;/h3*5-6H,2,4H2,1H3,(H,10,12)(H,11,13);. The van der Waals surface area contributed by atoms with Crippen LogP contribution in [0.15, 0.2) is 60.7 Å². The Labute approximate surface area is 240 Å². The van der Waals surface area contributed by atoms with Crippen LogP contribution in [0.2, 0.25) is 0 Å². The van der Waals surface area contributed by atoms with E-state index in [1.165, 1.54) is 0 Å². The van der Waals surface area contributed by atoms with Gasteiger partial charge in [0.05, 0.1) is 0 Å². The molecule has 0 saturated carbocycles. The van der Waals surface area contributed by atoms with E-state index in [0.29, 0.717) is 111 Å². The summed E-state index contributed by atoms with van der Waals surface area (Å²) in [5.74, 6) is 0. The molecule has 0 aromatic carbocycles. The van der Waals surface area contributed by atoms with E-state index in [0.717, 1.165) is 26.6 Å². The summed E-state index contributed by atoms with van der Waals surface area (Å²) in [7, 11) is 0. The molecule has 0 radical (unpaired) electrons. The third-order valence-electron chi connectivity index (χ3n) is 7.24. The Morgan fingerprint density at radius 2 is 0.725 bits per heavy atom. The molecule has 0 aromatic rings. The van der Waals surface area contributed by atoms with Gasteiger partial charge < -0.3 is 0 Å². The molecule has 3 aliphatic carbocycles. The van der Waals surface area contributed by atoms with Gasteiger partial charge in [0.25, 0.3) is 0 Å². The third-order valence-corrected chi connectivity index (χ3v) is 15.2. The molecule has 13 heteroatoms. The van der Waals surface area contributed by atoms with Gasteiger partial charge >= 0.3 is 241 Å². The Kier molecular flexibility index (Phi) is 11.1. The predicted octanol–water partition coefficient (Wildman–Crippen LogP) is 0.919. The molecule has 3 rings (SSSR count). The fourth-order valence-corrected chi connectivity index (χ4v) is 15.6. The molecule has 0 fully saturated rings. The molecular formula is C27H33N6O6Zr. The van der Waals surface area contributed by atoms with E-state index >= 15 is 0 Å². The van der Waals surface area contributed by atoms with Crippen molar-refractivity contribution in [2.45, 2.75) is 59.3 Å². The Morgan fingerprint density at radius 3 is 0.925 bits per heavy atom. The van der Waals surface area contributed by atoms with Crippen molar-refractivity contribution in [3.63, 3.8) is 0 Å². The molecular weight excluding hydrogens is 596 g/mol. The van der Waals surface area contributed by atoms with Crippen molar-refractivity contribution >= 4 is 38.5 Å². The second-order valence-corrected chi connectivity index (χ2v) is 15.3. The van der Waals surface area contributed by atoms with Gasteiger partial charge in [-0.15, -0.1) is 0 Å². The van der Waals surface area contributed by atoms with Crippen LogP contribution in [0, 0.1) is 0 Å². The molecule has 0 aromatic heterocycles. The van der Waals surface area contributed by atoms with Crippen LogP contribution in [0.4, 0.5) is 0 Å². The van der Waals surface area contributed by atoms with Crippen LogP contribution >= 0.6 is 0 Å². The number of rotatable bonds is 18. The first kappa shape index (κ1) is 30.7. The Balaban J connectivity index is 2.34. The first-order valence-electron chi connectivity index (χ1n) is 12.9. The SMILES string of the molecule is CCC1=[C]([Zr]([C]2=C(CC)C(NC=O)=C(NC=O)C2)[C]2=C(CC)C(NC=O)=C(NC=O)C2)CC(NC=O)=C1NC=O. The molecule has 0 atom stereocenters. The fourth-order valence-electron chi connectivity index (χ4n) is 5.83. The maximum atomic E-state index is 11.6. The number of hydrogen-bond donors (Lipinski definition) is 6. The van der Waals surface area contributed by atoms with Gasteiger partial charge in [-0.25, -0.2) is 0 Å². The Morgan fingerprint density at radius 1 is 0.475 bits per heavy atom. The van der Waals surface area contributed by atoms with Crippen molar-refractivity contribution in [3.05, 3.63) is 60.7 Å². The van der Waals surface area contributed by atoms with Crippen molar-refractivity contribution in [3.8, 4) is 0 Å². The normalized spacial score (nSPS) is 16.9. The minimum atomic E-state index is -3.26. The molecule has 0 spiro atoms. The van der Waals surface area contributed by atoms with Crippen LogP contribution in [-0.2, 0) is 50.5 Å². The summed E-state index contributed by atoms with van der Waals surface area (Å²) in [6.45, 7) is 5.94. The van der Waals surface area contributed by atoms with Crippen molar-refractivity contribution in [1.29, 1.82) is 0 Å². The van der Waals surface area contributed by atoms with Gasteiger partial charge in [-0.2, -0.15) is 0 Å². The molecule has 0 saturated heterocycles. The predicted molar refractivity (Wildman–Crippen MR) is 142 cm³/mol. The summed E-state index contributed by atoms with van der Waals surface area (Å²) in [6.07, 6.45) is 6.49. The van der Waals surface area contributed by atoms with E-state index in [1.54, 1.807) is 0 Å². The van der Waals surface area contributed by atoms with E-state index in [-0.39, 0.29) is 0 Å². The van der Waals surface area contributed by atoms with Crippen LogP contribution in [0.1, 0.15) is 59.3 Å². The van der Waals surface area contributed by atoms with Crippen molar-refractivity contribution < 1.29 is 50.5 Å². The Bertz CT molecular complexity index is 1150. The van der Waals surface area contributed by atoms with Crippen molar-refractivity contribution in [2.24, 2.45) is 0 Å². The van der Waals surface area contributed by atoms with Crippen molar-refractivity contribution in [2.75, 3.05) is 0 Å². The molecule has 3 aliphatic rings. The molecule has 0 heterocycles. The molecule has 0 unspecified atom stereocenters. The number of carbonyl (C=O) groups is 6. The van der Waals surface area contributed by atoms with E-state index in [2.05, 4.69) is 31.9 Å². The summed E-state index contributed by atoms with van der Waals surface area (Å²) in [5, 5.41) is 16.6. The number of hydrogen-bond acceptors (Lipinski definition) is 6. The summed E-state index contributed by atoms with van der Waals surface area (Å²) in [4.78, 5) is 69.1. The fraction of sp³-hybridized carbons (Fsp3) is 0.333. The monoisotopic (exact) mass is 627 g/mol. The summed E-state index contributed by atoms with van der Waals surface area (Å²) >= 11 is -3.26. The van der Waals surface area contributed by atoms with Crippen molar-refractivity contribution in [1.82, 2.24) is 31.9 Å². The molecule has 0 bridgehead atoms. The summed E-state index contributed by atoms with van der Waals surface area (Å²) in [5.41, 5.74) is 6.29. The molecule has 40 heavy (non-hydrogen) atoms. The van der Waals surface area contributed by atoms with Gasteiger partial charge in [0.2, 0.25) is 0 Å². The topological polar surface area (TPSA) is 175 Å². The van der Waals surface area contributed by atoms with Gasteiger partial charge in [-0.3, -0.25) is 0 Å². The van der Waals surface area contributed by atoms with E-state index in [9.17, 15) is 28.8 Å². The average Bonchev–Trinajstić information content (AvgIpc) is 3.58. The second-order valence-electron chi connectivity index (χ2n) is 8.97. The minimum absolute atomic E-state index is 0.410. The molecule has 0 aliphatic heterocycles. The van der Waals surface area contributed by atoms with E-state index in [4.69, 9.17) is 0 Å². The third kappa shape index (κ3) is 5.84. The van der Waals surface area contributed by atoms with Crippen LogP contribution < -0.4 is 31.9 Å². The molecule has 211 valence electrons. The van der Waals surface area contributed by atoms with Crippen LogP contribution in [0.5, 0.6) is 0 Å². The quantitative estimate of drug-likeness (QED) is 0.123. The number of carbonyl (C=O) groups excluding carboxylic acids is 6. The van der Waals surface area contributed by atoms with Gasteiger partial charge in [0, 0.05) is 0 Å². The second kappa shape index (κ2) is 14.5. The van der Waals surface area contributed by atoms with E-state index < -0.39 is 21.8 Å². The van der Waals surface area contributed by atoms with Crippen LogP contribution in [0.3, 0.4) is 0 Å². The zero-order valence-electron chi connectivity index (χ0n) is 22.7. The van der Waals surface area contributed by atoms with Gasteiger partial charge in [-0.05, 0) is 0 Å². The number of amides is 6. The summed E-state index contributed by atoms with van der Waals surface area (Å²) in [6, 6.07) is 0. The zero-order chi connectivity index (χ0) is 29.2. The molecule has 6 N–H and O–H groups in total.